The standard InChI is InChI=1S/C4H8ClF/c1-3(2)4(5)6/h3-4H,1-2H3. The van der Waals surface area contributed by atoms with Crippen LogP contribution in [0.25, 0.3) is 0 Å². The first-order valence-electron chi connectivity index (χ1n) is 1.92. The highest BCUT2D eigenvalue weighted by Gasteiger charge is 2.03. The summed E-state index contributed by atoms with van der Waals surface area (Å²) in [5.74, 6) is -0.0494. The van der Waals surface area contributed by atoms with E-state index >= 15 is 0 Å². The molecule has 0 saturated carbocycles. The fourth-order valence-corrected chi connectivity index (χ4v) is 0. The Kier molecular flexibility index (Phi) is 2.49. The number of hydrogen-bond acceptors (Lipinski definition) is 0. The van der Waals surface area contributed by atoms with Gasteiger partial charge in [-0.15, -0.1) is 0 Å². The van der Waals surface area contributed by atoms with E-state index in [4.69, 9.17) is 11.6 Å². The molecule has 0 N–H and O–H groups in total. The van der Waals surface area contributed by atoms with Crippen molar-refractivity contribution in [3.05, 3.63) is 0 Å². The normalized spacial score (nSPS) is 15.5. The zero-order valence-corrected chi connectivity index (χ0v) is 4.67. The monoisotopic (exact) mass is 110 g/mol. The van der Waals surface area contributed by atoms with Crippen LogP contribution in [0.4, 0.5) is 4.39 Å². The molecule has 1 atom stereocenters. The molecule has 0 heterocycles. The highest BCUT2D eigenvalue weighted by Crippen LogP contribution is 2.08. The zero-order chi connectivity index (χ0) is 5.15. The SMILES string of the molecule is CC(C)C(F)Cl. The summed E-state index contributed by atoms with van der Waals surface area (Å²) >= 11 is 4.95. The Morgan fingerprint density at radius 2 is 1.67 bits per heavy atom. The molecule has 0 radical (unpaired) electrons. The Morgan fingerprint density at radius 1 is 1.50 bits per heavy atom. The van der Waals surface area contributed by atoms with Gasteiger partial charge in [0.2, 0.25) is 0 Å². The third kappa shape index (κ3) is 2.46. The maximum Gasteiger partial charge on any atom is 0.175 e. The Labute approximate surface area is 42.3 Å². The number of rotatable bonds is 1. The third-order valence-corrected chi connectivity index (χ3v) is 1.01. The molecule has 0 amide bonds. The molecule has 0 aromatic rings. The summed E-state index contributed by atoms with van der Waals surface area (Å²) in [5.41, 5.74) is -1.18. The van der Waals surface area contributed by atoms with Crippen molar-refractivity contribution in [2.24, 2.45) is 5.92 Å². The molecule has 38 valence electrons. The van der Waals surface area contributed by atoms with Gasteiger partial charge >= 0.3 is 0 Å². The van der Waals surface area contributed by atoms with Gasteiger partial charge in [0, 0.05) is 0 Å². The van der Waals surface area contributed by atoms with Gasteiger partial charge in [0.15, 0.2) is 5.63 Å². The van der Waals surface area contributed by atoms with E-state index < -0.39 is 5.63 Å². The van der Waals surface area contributed by atoms with Crippen LogP contribution in [0.15, 0.2) is 0 Å². The second-order valence-corrected chi connectivity index (χ2v) is 2.00. The summed E-state index contributed by atoms with van der Waals surface area (Å²) < 4.78 is 11.6. The van der Waals surface area contributed by atoms with Crippen LogP contribution in [0.3, 0.4) is 0 Å². The van der Waals surface area contributed by atoms with Crippen LogP contribution < -0.4 is 0 Å². The molecule has 0 aliphatic rings. The third-order valence-electron chi connectivity index (χ3n) is 0.504. The predicted molar refractivity (Wildman–Crippen MR) is 25.6 cm³/mol. The van der Waals surface area contributed by atoms with Crippen LogP contribution in [0.5, 0.6) is 0 Å². The predicted octanol–water partition coefficient (Wildman–Crippen LogP) is 2.18. The molecule has 0 rings (SSSR count). The van der Waals surface area contributed by atoms with E-state index in [0.717, 1.165) is 0 Å². The van der Waals surface area contributed by atoms with Crippen LogP contribution in [-0.4, -0.2) is 5.63 Å². The Morgan fingerprint density at radius 3 is 1.67 bits per heavy atom. The van der Waals surface area contributed by atoms with Gasteiger partial charge in [-0.05, 0) is 5.92 Å². The van der Waals surface area contributed by atoms with E-state index in [9.17, 15) is 4.39 Å². The van der Waals surface area contributed by atoms with Crippen molar-refractivity contribution in [2.75, 3.05) is 0 Å². The van der Waals surface area contributed by atoms with Crippen LogP contribution in [-0.2, 0) is 0 Å². The second kappa shape index (κ2) is 2.40. The lowest BCUT2D eigenvalue weighted by molar-refractivity contribution is 0.354. The van der Waals surface area contributed by atoms with E-state index in [2.05, 4.69) is 0 Å². The number of hydrogen-bond donors (Lipinski definition) is 0. The summed E-state index contributed by atoms with van der Waals surface area (Å²) in [6.45, 7) is 3.47. The topological polar surface area (TPSA) is 0 Å². The highest BCUT2D eigenvalue weighted by molar-refractivity contribution is 6.19. The van der Waals surface area contributed by atoms with Crippen molar-refractivity contribution >= 4 is 11.6 Å². The van der Waals surface area contributed by atoms with E-state index in [1.807, 2.05) is 0 Å². The molecule has 0 fully saturated rings. The first-order chi connectivity index (χ1) is 2.64. The van der Waals surface area contributed by atoms with Crippen molar-refractivity contribution in [1.29, 1.82) is 0 Å². The number of halogens is 2. The lowest BCUT2D eigenvalue weighted by Crippen LogP contribution is -1.97. The van der Waals surface area contributed by atoms with Gasteiger partial charge in [-0.25, -0.2) is 4.39 Å². The first-order valence-corrected chi connectivity index (χ1v) is 2.36. The zero-order valence-electron chi connectivity index (χ0n) is 3.91. The maximum absolute atomic E-state index is 11.6. The van der Waals surface area contributed by atoms with E-state index in [1.54, 1.807) is 13.8 Å². The maximum atomic E-state index is 11.6. The van der Waals surface area contributed by atoms with Crippen molar-refractivity contribution in [1.82, 2.24) is 0 Å². The summed E-state index contributed by atoms with van der Waals surface area (Å²) in [7, 11) is 0. The van der Waals surface area contributed by atoms with Gasteiger partial charge in [0.05, 0.1) is 0 Å². The average Bonchev–Trinajstić information content (AvgIpc) is 1.36. The van der Waals surface area contributed by atoms with Crippen LogP contribution >= 0.6 is 11.6 Å². The molecule has 0 aromatic carbocycles. The van der Waals surface area contributed by atoms with Crippen LogP contribution in [0, 0.1) is 5.92 Å². The van der Waals surface area contributed by atoms with Crippen molar-refractivity contribution in [3.8, 4) is 0 Å². The molecule has 2 heteroatoms. The molecule has 0 aliphatic heterocycles. The smallest absolute Gasteiger partial charge is 0.175 e. The summed E-state index contributed by atoms with van der Waals surface area (Å²) in [6, 6.07) is 0. The van der Waals surface area contributed by atoms with Crippen LogP contribution in [0.2, 0.25) is 0 Å². The highest BCUT2D eigenvalue weighted by atomic mass is 35.5. The molecule has 0 aliphatic carbocycles. The molecule has 0 bridgehead atoms. The first kappa shape index (κ1) is 6.22. The molecule has 6 heavy (non-hydrogen) atoms. The quantitative estimate of drug-likeness (QED) is 0.454. The van der Waals surface area contributed by atoms with E-state index in [1.165, 1.54) is 0 Å². The summed E-state index contributed by atoms with van der Waals surface area (Å²) in [4.78, 5) is 0. The Hall–Kier alpha value is 0.220. The minimum atomic E-state index is -1.18. The van der Waals surface area contributed by atoms with Gasteiger partial charge in [-0.3, -0.25) is 0 Å². The van der Waals surface area contributed by atoms with E-state index in [0.29, 0.717) is 0 Å². The minimum absolute atomic E-state index is 0.0494. The lowest BCUT2D eigenvalue weighted by Gasteiger charge is -1.98. The fraction of sp³-hybridized carbons (Fsp3) is 1.00. The van der Waals surface area contributed by atoms with Gasteiger partial charge < -0.3 is 0 Å². The van der Waals surface area contributed by atoms with E-state index in [-0.39, 0.29) is 5.92 Å². The molecule has 0 aromatic heterocycles. The fourth-order valence-electron chi connectivity index (χ4n) is 0. The minimum Gasteiger partial charge on any atom is -0.230 e. The van der Waals surface area contributed by atoms with Gasteiger partial charge in [0.1, 0.15) is 0 Å². The summed E-state index contributed by atoms with van der Waals surface area (Å²) in [6.07, 6.45) is 0. The van der Waals surface area contributed by atoms with Crippen molar-refractivity contribution < 1.29 is 4.39 Å². The molecular weight excluding hydrogens is 102 g/mol. The largest absolute Gasteiger partial charge is 0.230 e. The molecule has 0 saturated heterocycles. The molecule has 1 unspecified atom stereocenters. The average molecular weight is 111 g/mol. The lowest BCUT2D eigenvalue weighted by atomic mass is 10.3. The second-order valence-electron chi connectivity index (χ2n) is 1.58. The van der Waals surface area contributed by atoms with Crippen molar-refractivity contribution in [2.45, 2.75) is 19.5 Å². The van der Waals surface area contributed by atoms with Gasteiger partial charge in [-0.2, -0.15) is 0 Å². The van der Waals surface area contributed by atoms with Gasteiger partial charge in [-0.1, -0.05) is 25.4 Å². The number of alkyl halides is 2. The molecule has 0 spiro atoms. The van der Waals surface area contributed by atoms with Gasteiger partial charge in [0.25, 0.3) is 0 Å². The molecule has 0 nitrogen and oxygen atoms in total. The van der Waals surface area contributed by atoms with Crippen LogP contribution in [0.1, 0.15) is 13.8 Å². The Balaban J connectivity index is 2.99. The Bertz CT molecular complexity index is 28.5. The summed E-state index contributed by atoms with van der Waals surface area (Å²) in [5, 5.41) is 0. The van der Waals surface area contributed by atoms with Crippen molar-refractivity contribution in [3.63, 3.8) is 0 Å². The molecular formula is C4H8ClF.